The molecule has 0 saturated carbocycles. The van der Waals surface area contributed by atoms with Gasteiger partial charge in [0.15, 0.2) is 10.2 Å². The van der Waals surface area contributed by atoms with Gasteiger partial charge in [-0.1, -0.05) is 23.7 Å². The molecule has 0 saturated heterocycles. The maximum atomic E-state index is 12.2. The maximum absolute atomic E-state index is 12.2. The van der Waals surface area contributed by atoms with E-state index in [1.165, 1.54) is 17.4 Å². The summed E-state index contributed by atoms with van der Waals surface area (Å²) in [6.07, 6.45) is 2.92. The van der Waals surface area contributed by atoms with E-state index < -0.39 is 0 Å². The van der Waals surface area contributed by atoms with E-state index in [-0.39, 0.29) is 11.0 Å². The molecule has 0 unspecified atom stereocenters. The average molecular weight is 510 g/mol. The molecule has 2 heterocycles. The number of benzene rings is 2. The van der Waals surface area contributed by atoms with Crippen molar-refractivity contribution >= 4 is 57.4 Å². The number of ether oxygens (including phenoxy) is 1. The van der Waals surface area contributed by atoms with Crippen LogP contribution in [0.5, 0.6) is 5.75 Å². The predicted octanol–water partition coefficient (Wildman–Crippen LogP) is 6.57. The highest BCUT2D eigenvalue weighted by Gasteiger charge is 2.09. The van der Waals surface area contributed by atoms with Crippen LogP contribution in [0.15, 0.2) is 70.5 Å². The third kappa shape index (κ3) is 5.91. The van der Waals surface area contributed by atoms with E-state index in [9.17, 15) is 4.79 Å². The molecule has 4 aromatic rings. The minimum Gasteiger partial charge on any atom is -0.497 e. The summed E-state index contributed by atoms with van der Waals surface area (Å²) in [7, 11) is 1.62. The van der Waals surface area contributed by atoms with Crippen LogP contribution in [0.25, 0.3) is 28.7 Å². The van der Waals surface area contributed by atoms with Gasteiger partial charge in [-0.15, -0.1) is 11.3 Å². The molecule has 34 heavy (non-hydrogen) atoms. The van der Waals surface area contributed by atoms with Gasteiger partial charge in [-0.25, -0.2) is 4.98 Å². The molecule has 0 atom stereocenters. The number of aromatic nitrogens is 1. The Morgan fingerprint density at radius 1 is 1.15 bits per heavy atom. The normalized spacial score (nSPS) is 10.9. The summed E-state index contributed by atoms with van der Waals surface area (Å²) in [6, 6.07) is 16.9. The number of nitrogens with zero attached hydrogens (tertiary/aromatic N) is 1. The zero-order valence-electron chi connectivity index (χ0n) is 18.3. The predicted molar refractivity (Wildman–Crippen MR) is 141 cm³/mol. The summed E-state index contributed by atoms with van der Waals surface area (Å²) in [6.45, 7) is 1.94. The van der Waals surface area contributed by atoms with Crippen molar-refractivity contribution in [1.29, 1.82) is 0 Å². The van der Waals surface area contributed by atoms with E-state index in [0.29, 0.717) is 21.7 Å². The Morgan fingerprint density at radius 2 is 1.91 bits per heavy atom. The van der Waals surface area contributed by atoms with Crippen LogP contribution in [-0.2, 0) is 4.79 Å². The number of nitrogens with one attached hydrogen (secondary N) is 2. The molecule has 0 aliphatic carbocycles. The van der Waals surface area contributed by atoms with Crippen LogP contribution in [0.3, 0.4) is 0 Å². The Labute approximate surface area is 211 Å². The van der Waals surface area contributed by atoms with Gasteiger partial charge < -0.3 is 14.5 Å². The first-order valence-electron chi connectivity index (χ1n) is 10.2. The van der Waals surface area contributed by atoms with Crippen LogP contribution in [0.4, 0.5) is 5.13 Å². The number of furan rings is 1. The van der Waals surface area contributed by atoms with Gasteiger partial charge in [0.25, 0.3) is 0 Å². The second-order valence-corrected chi connectivity index (χ2v) is 8.88. The van der Waals surface area contributed by atoms with Crippen LogP contribution in [0, 0.1) is 6.92 Å². The zero-order chi connectivity index (χ0) is 24.1. The van der Waals surface area contributed by atoms with Crippen LogP contribution in [0.1, 0.15) is 11.3 Å². The van der Waals surface area contributed by atoms with Gasteiger partial charge in [-0.3, -0.25) is 10.1 Å². The Morgan fingerprint density at radius 3 is 2.65 bits per heavy atom. The summed E-state index contributed by atoms with van der Waals surface area (Å²) in [5.74, 6) is 1.58. The lowest BCUT2D eigenvalue weighted by molar-refractivity contribution is -0.115. The molecule has 0 bridgehead atoms. The fourth-order valence-electron chi connectivity index (χ4n) is 3.01. The summed E-state index contributed by atoms with van der Waals surface area (Å²) in [4.78, 5) is 16.8. The topological polar surface area (TPSA) is 76.4 Å². The lowest BCUT2D eigenvalue weighted by Crippen LogP contribution is -2.32. The van der Waals surface area contributed by atoms with Gasteiger partial charge in [-0.05, 0) is 73.2 Å². The number of thiocarbonyl (C=S) groups is 1. The number of aryl methyl sites for hydroxylation is 1. The van der Waals surface area contributed by atoms with E-state index in [1.807, 2.05) is 60.8 Å². The number of carbonyl (C=O) groups excluding carboxylic acids is 1. The first-order chi connectivity index (χ1) is 16.4. The molecule has 172 valence electrons. The van der Waals surface area contributed by atoms with Crippen LogP contribution >= 0.6 is 35.2 Å². The van der Waals surface area contributed by atoms with Gasteiger partial charge in [0.05, 0.1) is 12.8 Å². The fourth-order valence-corrected chi connectivity index (χ4v) is 4.18. The van der Waals surface area contributed by atoms with Crippen molar-refractivity contribution < 1.29 is 13.9 Å². The van der Waals surface area contributed by atoms with Crippen molar-refractivity contribution in [3.05, 3.63) is 82.4 Å². The molecule has 0 aliphatic heterocycles. The number of anilines is 1. The van der Waals surface area contributed by atoms with Crippen LogP contribution in [0.2, 0.25) is 5.02 Å². The second kappa shape index (κ2) is 10.6. The van der Waals surface area contributed by atoms with Crippen molar-refractivity contribution in [2.45, 2.75) is 6.92 Å². The highest BCUT2D eigenvalue weighted by atomic mass is 35.5. The second-order valence-electron chi connectivity index (χ2n) is 7.21. The first kappa shape index (κ1) is 23.7. The minimum absolute atomic E-state index is 0.153. The molecule has 2 N–H and O–H groups in total. The van der Waals surface area contributed by atoms with Crippen molar-refractivity contribution in [1.82, 2.24) is 10.3 Å². The third-order valence-electron chi connectivity index (χ3n) is 4.83. The molecule has 0 aliphatic rings. The monoisotopic (exact) mass is 509 g/mol. The molecule has 9 heteroatoms. The molecular weight excluding hydrogens is 490 g/mol. The maximum Gasteiger partial charge on any atom is 0.250 e. The Bertz CT molecular complexity index is 1360. The lowest BCUT2D eigenvalue weighted by Gasteiger charge is -2.04. The van der Waals surface area contributed by atoms with E-state index in [0.717, 1.165) is 28.1 Å². The van der Waals surface area contributed by atoms with Crippen LogP contribution < -0.4 is 15.4 Å². The molecular formula is C25H20ClN3O3S2. The number of hydrogen-bond donors (Lipinski definition) is 2. The number of thiazole rings is 1. The van der Waals surface area contributed by atoms with E-state index in [1.54, 1.807) is 19.3 Å². The van der Waals surface area contributed by atoms with Crippen molar-refractivity contribution in [2.24, 2.45) is 0 Å². The molecule has 1 amide bonds. The largest absolute Gasteiger partial charge is 0.497 e. The quantitative estimate of drug-likeness (QED) is 0.226. The average Bonchev–Trinajstić information content (AvgIpc) is 3.49. The molecule has 0 radical (unpaired) electrons. The van der Waals surface area contributed by atoms with Gasteiger partial charge in [0.1, 0.15) is 17.3 Å². The van der Waals surface area contributed by atoms with Gasteiger partial charge in [-0.2, -0.15) is 0 Å². The lowest BCUT2D eigenvalue weighted by atomic mass is 10.1. The standard InChI is InChI=1S/C25H20ClN3O3S2/c1-15-3-4-17(13-20(15)26)22-11-9-19(32-22)10-12-23(30)28-24(33)29-25-27-21(14-34-25)16-5-7-18(31-2)8-6-16/h3-14H,1-2H3,(H2,27,28,29,30,33)/b12-10+. The van der Waals surface area contributed by atoms with Crippen molar-refractivity contribution in [3.63, 3.8) is 0 Å². The number of halogens is 1. The third-order valence-corrected chi connectivity index (χ3v) is 6.20. The van der Waals surface area contributed by atoms with E-state index >= 15 is 0 Å². The highest BCUT2D eigenvalue weighted by Crippen LogP contribution is 2.28. The Balaban J connectivity index is 1.32. The smallest absolute Gasteiger partial charge is 0.250 e. The summed E-state index contributed by atoms with van der Waals surface area (Å²) >= 11 is 12.8. The SMILES string of the molecule is COc1ccc(-c2csc(NC(=S)NC(=O)/C=C/c3ccc(-c4ccc(C)c(Cl)c4)o3)n2)cc1. The van der Waals surface area contributed by atoms with Gasteiger partial charge in [0.2, 0.25) is 5.91 Å². The molecule has 6 nitrogen and oxygen atoms in total. The molecule has 0 spiro atoms. The minimum atomic E-state index is -0.388. The molecule has 4 rings (SSSR count). The number of carbonyl (C=O) groups is 1. The van der Waals surface area contributed by atoms with Crippen LogP contribution in [-0.4, -0.2) is 23.1 Å². The summed E-state index contributed by atoms with van der Waals surface area (Å²) < 4.78 is 11.0. The summed E-state index contributed by atoms with van der Waals surface area (Å²) in [5, 5.41) is 8.84. The van der Waals surface area contributed by atoms with Gasteiger partial charge >= 0.3 is 0 Å². The fraction of sp³-hybridized carbons (Fsp3) is 0.0800. The zero-order valence-corrected chi connectivity index (χ0v) is 20.7. The van der Waals surface area contributed by atoms with Gasteiger partial charge in [0, 0.05) is 27.6 Å². The summed E-state index contributed by atoms with van der Waals surface area (Å²) in [5.41, 5.74) is 3.61. The van der Waals surface area contributed by atoms with E-state index in [2.05, 4.69) is 15.6 Å². The number of rotatable bonds is 6. The number of amides is 1. The Hall–Kier alpha value is -3.46. The number of hydrogen-bond acceptors (Lipinski definition) is 6. The van der Waals surface area contributed by atoms with Crippen molar-refractivity contribution in [3.8, 4) is 28.3 Å². The van der Waals surface area contributed by atoms with E-state index in [4.69, 9.17) is 33.0 Å². The number of methoxy groups -OCH3 is 1. The van der Waals surface area contributed by atoms with Crippen molar-refractivity contribution in [2.75, 3.05) is 12.4 Å². The molecule has 2 aromatic heterocycles. The Kier molecular flexibility index (Phi) is 7.42. The molecule has 0 fully saturated rings. The highest BCUT2D eigenvalue weighted by molar-refractivity contribution is 7.80. The first-order valence-corrected chi connectivity index (χ1v) is 11.8. The molecule has 2 aromatic carbocycles.